The van der Waals surface area contributed by atoms with Gasteiger partial charge in [-0.15, -0.1) is 0 Å². The van der Waals surface area contributed by atoms with Crippen molar-refractivity contribution in [3.63, 3.8) is 0 Å². The third-order valence-electron chi connectivity index (χ3n) is 1.91. The summed E-state index contributed by atoms with van der Waals surface area (Å²) in [5.41, 5.74) is 1.09. The summed E-state index contributed by atoms with van der Waals surface area (Å²) >= 11 is 2.29. The molecule has 0 amide bonds. The summed E-state index contributed by atoms with van der Waals surface area (Å²) in [6.45, 7) is 2.00. The van der Waals surface area contributed by atoms with Crippen LogP contribution in [0.5, 0.6) is 0 Å². The number of aliphatic imine (C=N–C) groups is 2. The summed E-state index contributed by atoms with van der Waals surface area (Å²) in [7, 11) is 5.74. The zero-order valence-electron chi connectivity index (χ0n) is 8.87. The molecular formula is C10H14IN3. The van der Waals surface area contributed by atoms with Crippen molar-refractivity contribution in [3.05, 3.63) is 21.3 Å². The highest BCUT2D eigenvalue weighted by atomic mass is 127. The molecule has 0 fully saturated rings. The zero-order chi connectivity index (χ0) is 10.7. The molecule has 14 heavy (non-hydrogen) atoms. The van der Waals surface area contributed by atoms with Crippen molar-refractivity contribution in [1.82, 2.24) is 4.90 Å². The minimum Gasteiger partial charge on any atom is -0.362 e. The fourth-order valence-corrected chi connectivity index (χ4v) is 2.13. The maximum absolute atomic E-state index is 4.48. The van der Waals surface area contributed by atoms with Gasteiger partial charge in [-0.1, -0.05) is 6.08 Å². The molecule has 1 aliphatic rings. The van der Waals surface area contributed by atoms with Gasteiger partial charge in [0, 0.05) is 26.7 Å². The van der Waals surface area contributed by atoms with Crippen molar-refractivity contribution in [2.75, 3.05) is 21.1 Å². The number of allylic oxidation sites excluding steroid dienone is 1. The molecule has 1 aliphatic heterocycles. The highest BCUT2D eigenvalue weighted by molar-refractivity contribution is 14.1. The van der Waals surface area contributed by atoms with E-state index in [2.05, 4.69) is 38.7 Å². The molecule has 0 aromatic rings. The number of likely N-dealkylation sites (N-methyl/N-ethyl adjacent to an activating group) is 1. The molecule has 0 bridgehead atoms. The van der Waals surface area contributed by atoms with Crippen LogP contribution in [0.1, 0.15) is 6.92 Å². The second-order valence-electron chi connectivity index (χ2n) is 3.11. The molecule has 0 aromatic heterocycles. The van der Waals surface area contributed by atoms with Gasteiger partial charge in [-0.3, -0.25) is 4.99 Å². The minimum absolute atomic E-state index is 0.802. The molecule has 0 saturated carbocycles. The Morgan fingerprint density at radius 3 is 2.57 bits per heavy atom. The first kappa shape index (κ1) is 11.4. The number of dihydropyridines is 1. The monoisotopic (exact) mass is 303 g/mol. The van der Waals surface area contributed by atoms with E-state index in [-0.39, 0.29) is 0 Å². The molecule has 4 heteroatoms. The Bertz CT molecular complexity index is 348. The summed E-state index contributed by atoms with van der Waals surface area (Å²) in [6.07, 6.45) is 4.13. The number of hydrogen-bond donors (Lipinski definition) is 0. The molecular weight excluding hydrogens is 289 g/mol. The summed E-state index contributed by atoms with van der Waals surface area (Å²) in [5.74, 6) is 1.77. The van der Waals surface area contributed by atoms with E-state index in [0.717, 1.165) is 20.8 Å². The maximum atomic E-state index is 4.48. The summed E-state index contributed by atoms with van der Waals surface area (Å²) in [6, 6.07) is 0. The lowest BCUT2D eigenvalue weighted by Crippen LogP contribution is -2.26. The molecule has 0 saturated heterocycles. The van der Waals surface area contributed by atoms with E-state index >= 15 is 0 Å². The Hall–Kier alpha value is -0.650. The van der Waals surface area contributed by atoms with Crippen molar-refractivity contribution < 1.29 is 0 Å². The molecule has 0 aliphatic carbocycles. The van der Waals surface area contributed by atoms with E-state index in [1.807, 2.05) is 32.0 Å². The third kappa shape index (κ3) is 2.23. The molecule has 3 nitrogen and oxygen atoms in total. The van der Waals surface area contributed by atoms with Gasteiger partial charge in [-0.05, 0) is 35.6 Å². The van der Waals surface area contributed by atoms with Crippen LogP contribution in [-0.2, 0) is 0 Å². The third-order valence-corrected chi connectivity index (χ3v) is 2.71. The molecule has 0 atom stereocenters. The topological polar surface area (TPSA) is 28.0 Å². The van der Waals surface area contributed by atoms with E-state index in [4.69, 9.17) is 0 Å². The van der Waals surface area contributed by atoms with E-state index in [0.29, 0.717) is 0 Å². The number of amidine groups is 2. The van der Waals surface area contributed by atoms with Crippen LogP contribution in [0.2, 0.25) is 0 Å². The van der Waals surface area contributed by atoms with Crippen molar-refractivity contribution in [1.29, 1.82) is 0 Å². The molecule has 0 spiro atoms. The van der Waals surface area contributed by atoms with Crippen molar-refractivity contribution in [3.8, 4) is 0 Å². The lowest BCUT2D eigenvalue weighted by Gasteiger charge is -2.19. The minimum atomic E-state index is 0.802. The first-order chi connectivity index (χ1) is 6.60. The summed E-state index contributed by atoms with van der Waals surface area (Å²) in [4.78, 5) is 10.6. The average molecular weight is 303 g/mol. The van der Waals surface area contributed by atoms with Gasteiger partial charge in [-0.25, -0.2) is 4.99 Å². The number of rotatable bonds is 0. The lowest BCUT2D eigenvalue weighted by atomic mass is 10.1. The van der Waals surface area contributed by atoms with Gasteiger partial charge in [0.15, 0.2) is 5.84 Å². The first-order valence-corrected chi connectivity index (χ1v) is 5.45. The van der Waals surface area contributed by atoms with Crippen LogP contribution in [0, 0.1) is 0 Å². The van der Waals surface area contributed by atoms with Crippen LogP contribution in [0.3, 0.4) is 0 Å². The smallest absolute Gasteiger partial charge is 0.156 e. The number of hydrogen-bond acceptors (Lipinski definition) is 2. The predicted molar refractivity (Wildman–Crippen MR) is 70.3 cm³/mol. The molecule has 0 radical (unpaired) electrons. The fourth-order valence-electron chi connectivity index (χ4n) is 1.19. The number of nitrogens with zero attached hydrogens (tertiary/aromatic N) is 3. The first-order valence-electron chi connectivity index (χ1n) is 4.37. The summed E-state index contributed by atoms with van der Waals surface area (Å²) in [5, 5.41) is 0. The predicted octanol–water partition coefficient (Wildman–Crippen LogP) is 2.25. The summed E-state index contributed by atoms with van der Waals surface area (Å²) < 4.78 is 1.15. The van der Waals surface area contributed by atoms with Crippen LogP contribution >= 0.6 is 22.6 Å². The van der Waals surface area contributed by atoms with Gasteiger partial charge in [0.1, 0.15) is 5.84 Å². The Morgan fingerprint density at radius 2 is 2.14 bits per heavy atom. The lowest BCUT2D eigenvalue weighted by molar-refractivity contribution is 0.626. The van der Waals surface area contributed by atoms with Gasteiger partial charge in [0.25, 0.3) is 0 Å². The van der Waals surface area contributed by atoms with Gasteiger partial charge in [-0.2, -0.15) is 0 Å². The van der Waals surface area contributed by atoms with Crippen LogP contribution in [0.15, 0.2) is 31.3 Å². The Morgan fingerprint density at radius 1 is 1.50 bits per heavy atom. The zero-order valence-corrected chi connectivity index (χ0v) is 11.0. The second kappa shape index (κ2) is 4.72. The van der Waals surface area contributed by atoms with Gasteiger partial charge in [0.05, 0.1) is 3.58 Å². The highest BCUT2D eigenvalue weighted by Gasteiger charge is 2.16. The Balaban J connectivity index is 3.16. The van der Waals surface area contributed by atoms with Crippen LogP contribution in [0.25, 0.3) is 0 Å². The molecule has 1 rings (SSSR count). The van der Waals surface area contributed by atoms with Crippen molar-refractivity contribution >= 4 is 34.3 Å². The standard InChI is InChI=1S/C10H14IN3/c1-5-7-6-8(11)10(14(3)4)13-9(7)12-2/h5-6H,1-4H3/b7-5-,12-9+. The highest BCUT2D eigenvalue weighted by Crippen LogP contribution is 2.20. The average Bonchev–Trinajstić information content (AvgIpc) is 2.16. The van der Waals surface area contributed by atoms with E-state index < -0.39 is 0 Å². The number of halogens is 1. The van der Waals surface area contributed by atoms with Gasteiger partial charge < -0.3 is 4.90 Å². The normalized spacial score (nSPS) is 22.4. The van der Waals surface area contributed by atoms with E-state index in [9.17, 15) is 0 Å². The van der Waals surface area contributed by atoms with Crippen LogP contribution < -0.4 is 0 Å². The van der Waals surface area contributed by atoms with E-state index in [1.54, 1.807) is 7.05 Å². The molecule has 0 unspecified atom stereocenters. The second-order valence-corrected chi connectivity index (χ2v) is 4.28. The molecule has 0 aromatic carbocycles. The van der Waals surface area contributed by atoms with Gasteiger partial charge in [0.2, 0.25) is 0 Å². The maximum Gasteiger partial charge on any atom is 0.156 e. The fraction of sp³-hybridized carbons (Fsp3) is 0.400. The van der Waals surface area contributed by atoms with Crippen molar-refractivity contribution in [2.24, 2.45) is 9.98 Å². The largest absolute Gasteiger partial charge is 0.362 e. The Labute approximate surface area is 98.5 Å². The SMILES string of the molecule is C/C=C1/C=C(I)C(N(C)C)=N/C1=N/C. The van der Waals surface area contributed by atoms with Crippen LogP contribution in [-0.4, -0.2) is 37.7 Å². The molecule has 1 heterocycles. The molecule has 0 N–H and O–H groups in total. The van der Waals surface area contributed by atoms with E-state index in [1.165, 1.54) is 0 Å². The van der Waals surface area contributed by atoms with Gasteiger partial charge >= 0.3 is 0 Å². The quantitative estimate of drug-likeness (QED) is 0.631. The molecule has 76 valence electrons. The van der Waals surface area contributed by atoms with Crippen molar-refractivity contribution in [2.45, 2.75) is 6.92 Å². The van der Waals surface area contributed by atoms with Crippen LogP contribution in [0.4, 0.5) is 0 Å². The Kier molecular flexibility index (Phi) is 3.86.